The van der Waals surface area contributed by atoms with Crippen LogP contribution in [0.25, 0.3) is 0 Å². The highest BCUT2D eigenvalue weighted by molar-refractivity contribution is 5.92. The van der Waals surface area contributed by atoms with Crippen LogP contribution in [0.1, 0.15) is 83.7 Å². The van der Waals surface area contributed by atoms with Gasteiger partial charge in [-0.1, -0.05) is 32.8 Å². The van der Waals surface area contributed by atoms with Gasteiger partial charge in [-0.2, -0.15) is 0 Å². The van der Waals surface area contributed by atoms with Crippen LogP contribution in [0.4, 0.5) is 0 Å². The normalized spacial score (nSPS) is 45.2. The second-order valence-corrected chi connectivity index (χ2v) is 10.5. The molecule has 2 heteroatoms. The van der Waals surface area contributed by atoms with E-state index in [1.807, 2.05) is 12.3 Å². The van der Waals surface area contributed by atoms with Gasteiger partial charge in [0.05, 0.1) is 12.2 Å². The molecule has 0 saturated heterocycles. The Morgan fingerprint density at radius 3 is 2.78 bits per heavy atom. The molecular weight excluding hydrogens is 328 g/mol. The summed E-state index contributed by atoms with van der Waals surface area (Å²) in [4.78, 5) is 9.62. The molecule has 0 aromatic carbocycles. The number of fused-ring (bicyclic) bond motifs is 5. The SMILES string of the molecule is CC12CCC3C(CCC4CCCCC43C)C1CC/C2=N\Cc1ccccn1. The van der Waals surface area contributed by atoms with Gasteiger partial charge in [0.1, 0.15) is 0 Å². The molecule has 6 atom stereocenters. The van der Waals surface area contributed by atoms with Crippen LogP contribution in [0.2, 0.25) is 0 Å². The zero-order valence-corrected chi connectivity index (χ0v) is 17.3. The summed E-state index contributed by atoms with van der Waals surface area (Å²) in [6, 6.07) is 6.18. The number of nitrogens with zero attached hydrogens (tertiary/aromatic N) is 2. The second-order valence-electron chi connectivity index (χ2n) is 10.5. The molecule has 4 fully saturated rings. The third kappa shape index (κ3) is 2.81. The van der Waals surface area contributed by atoms with E-state index in [4.69, 9.17) is 4.99 Å². The number of hydrogen-bond donors (Lipinski definition) is 0. The van der Waals surface area contributed by atoms with Gasteiger partial charge < -0.3 is 0 Å². The van der Waals surface area contributed by atoms with Crippen molar-refractivity contribution < 1.29 is 0 Å². The lowest BCUT2D eigenvalue weighted by Crippen LogP contribution is -2.52. The van der Waals surface area contributed by atoms with E-state index in [0.29, 0.717) is 10.8 Å². The maximum absolute atomic E-state index is 5.14. The fourth-order valence-corrected chi connectivity index (χ4v) is 8.01. The maximum atomic E-state index is 5.14. The molecule has 0 aliphatic heterocycles. The molecular formula is C25H36N2. The predicted molar refractivity (Wildman–Crippen MR) is 112 cm³/mol. The Kier molecular flexibility index (Phi) is 4.44. The molecule has 0 N–H and O–H groups in total. The van der Waals surface area contributed by atoms with Crippen LogP contribution >= 0.6 is 0 Å². The van der Waals surface area contributed by atoms with Gasteiger partial charge in [0, 0.05) is 17.3 Å². The Labute approximate surface area is 165 Å². The largest absolute Gasteiger partial charge is 0.287 e. The molecule has 4 aliphatic carbocycles. The zero-order valence-electron chi connectivity index (χ0n) is 17.3. The monoisotopic (exact) mass is 364 g/mol. The topological polar surface area (TPSA) is 25.2 Å². The summed E-state index contributed by atoms with van der Waals surface area (Å²) < 4.78 is 0. The van der Waals surface area contributed by atoms with Crippen molar-refractivity contribution in [3.8, 4) is 0 Å². The first-order chi connectivity index (χ1) is 13.1. The summed E-state index contributed by atoms with van der Waals surface area (Å²) in [5.41, 5.74) is 3.65. The number of aromatic nitrogens is 1. The fraction of sp³-hybridized carbons (Fsp3) is 0.760. The smallest absolute Gasteiger partial charge is 0.0811 e. The number of aliphatic imine (C=N–C) groups is 1. The van der Waals surface area contributed by atoms with E-state index in [1.165, 1.54) is 69.9 Å². The summed E-state index contributed by atoms with van der Waals surface area (Å²) in [5.74, 6) is 3.87. The first-order valence-corrected chi connectivity index (χ1v) is 11.5. The second kappa shape index (κ2) is 6.71. The molecule has 146 valence electrons. The van der Waals surface area contributed by atoms with Gasteiger partial charge in [0.25, 0.3) is 0 Å². The van der Waals surface area contributed by atoms with Crippen LogP contribution in [-0.4, -0.2) is 10.7 Å². The van der Waals surface area contributed by atoms with E-state index < -0.39 is 0 Å². The van der Waals surface area contributed by atoms with Crippen LogP contribution in [0.5, 0.6) is 0 Å². The third-order valence-electron chi connectivity index (χ3n) is 9.48. The minimum absolute atomic E-state index is 0.369. The lowest BCUT2D eigenvalue weighted by Gasteiger charge is -2.59. The molecule has 1 aromatic rings. The lowest BCUT2D eigenvalue weighted by atomic mass is 9.45. The van der Waals surface area contributed by atoms with Gasteiger partial charge in [-0.05, 0) is 92.6 Å². The number of pyridine rings is 1. The Morgan fingerprint density at radius 2 is 1.93 bits per heavy atom. The van der Waals surface area contributed by atoms with E-state index in [0.717, 1.165) is 35.9 Å². The quantitative estimate of drug-likeness (QED) is 0.591. The van der Waals surface area contributed by atoms with Crippen LogP contribution < -0.4 is 0 Å². The maximum Gasteiger partial charge on any atom is 0.0811 e. The highest BCUT2D eigenvalue weighted by atomic mass is 14.8. The molecule has 5 rings (SSSR count). The summed E-state index contributed by atoms with van der Waals surface area (Å²) in [7, 11) is 0. The van der Waals surface area contributed by atoms with Crippen LogP contribution in [0, 0.1) is 34.5 Å². The van der Waals surface area contributed by atoms with Crippen molar-refractivity contribution in [1.29, 1.82) is 0 Å². The van der Waals surface area contributed by atoms with Gasteiger partial charge in [0.2, 0.25) is 0 Å². The first kappa shape index (κ1) is 17.9. The molecule has 27 heavy (non-hydrogen) atoms. The van der Waals surface area contributed by atoms with E-state index in [1.54, 1.807) is 0 Å². The van der Waals surface area contributed by atoms with Gasteiger partial charge in [0.15, 0.2) is 0 Å². The van der Waals surface area contributed by atoms with Gasteiger partial charge in [-0.25, -0.2) is 0 Å². The van der Waals surface area contributed by atoms with E-state index in [9.17, 15) is 0 Å². The highest BCUT2D eigenvalue weighted by Crippen LogP contribution is 2.65. The van der Waals surface area contributed by atoms with Crippen molar-refractivity contribution in [2.24, 2.45) is 39.5 Å². The molecule has 2 nitrogen and oxygen atoms in total. The predicted octanol–water partition coefficient (Wildman–Crippen LogP) is 6.46. The number of rotatable bonds is 2. The summed E-state index contributed by atoms with van der Waals surface area (Å²) in [6.07, 6.45) is 16.3. The lowest BCUT2D eigenvalue weighted by molar-refractivity contribution is -0.0936. The average Bonchev–Trinajstić information content (AvgIpc) is 3.03. The van der Waals surface area contributed by atoms with Gasteiger partial charge >= 0.3 is 0 Å². The minimum Gasteiger partial charge on any atom is -0.287 e. The molecule has 1 aromatic heterocycles. The molecule has 4 saturated carbocycles. The van der Waals surface area contributed by atoms with Crippen molar-refractivity contribution >= 4 is 5.71 Å². The van der Waals surface area contributed by atoms with Crippen LogP contribution in [-0.2, 0) is 6.54 Å². The Balaban J connectivity index is 1.38. The molecule has 1 heterocycles. The standard InChI is InChI=1S/C25H36N2/c1-24-14-5-3-7-18(24)9-10-20-21-11-12-23(25(21,2)15-13-22(20)24)27-17-19-8-4-6-16-26-19/h4,6,8,16,18,20-22H,3,5,7,9-15,17H2,1-2H3/b27-23+. The number of hydrogen-bond acceptors (Lipinski definition) is 2. The first-order valence-electron chi connectivity index (χ1n) is 11.5. The van der Waals surface area contributed by atoms with Crippen LogP contribution in [0.3, 0.4) is 0 Å². The average molecular weight is 365 g/mol. The van der Waals surface area contributed by atoms with E-state index in [-0.39, 0.29) is 0 Å². The van der Waals surface area contributed by atoms with Gasteiger partial charge in [-0.15, -0.1) is 0 Å². The molecule has 6 unspecified atom stereocenters. The zero-order chi connectivity index (χ0) is 18.5. The molecule has 0 bridgehead atoms. The summed E-state index contributed by atoms with van der Waals surface area (Å²) >= 11 is 0. The van der Waals surface area contributed by atoms with Gasteiger partial charge in [-0.3, -0.25) is 9.98 Å². The molecule has 4 aliphatic rings. The van der Waals surface area contributed by atoms with Crippen molar-refractivity contribution in [3.05, 3.63) is 30.1 Å². The van der Waals surface area contributed by atoms with Crippen LogP contribution in [0.15, 0.2) is 29.4 Å². The Hall–Kier alpha value is -1.18. The fourth-order valence-electron chi connectivity index (χ4n) is 8.01. The minimum atomic E-state index is 0.369. The third-order valence-corrected chi connectivity index (χ3v) is 9.48. The van der Waals surface area contributed by atoms with Crippen molar-refractivity contribution in [3.63, 3.8) is 0 Å². The summed E-state index contributed by atoms with van der Waals surface area (Å²) in [5, 5.41) is 0. The Morgan fingerprint density at radius 1 is 1.00 bits per heavy atom. The van der Waals surface area contributed by atoms with E-state index in [2.05, 4.69) is 31.0 Å². The van der Waals surface area contributed by atoms with Crippen molar-refractivity contribution in [2.45, 2.75) is 84.6 Å². The molecule has 0 spiro atoms. The Bertz CT molecular complexity index is 710. The van der Waals surface area contributed by atoms with Crippen molar-refractivity contribution in [1.82, 2.24) is 4.98 Å². The van der Waals surface area contributed by atoms with Crippen molar-refractivity contribution in [2.75, 3.05) is 0 Å². The summed E-state index contributed by atoms with van der Waals surface area (Å²) in [6.45, 7) is 6.02. The van der Waals surface area contributed by atoms with E-state index >= 15 is 0 Å². The molecule has 0 amide bonds. The molecule has 0 radical (unpaired) electrons. The highest BCUT2D eigenvalue weighted by Gasteiger charge is 2.58.